The van der Waals surface area contributed by atoms with E-state index in [-0.39, 0.29) is 16.3 Å². The van der Waals surface area contributed by atoms with Gasteiger partial charge in [0.2, 0.25) is 5.13 Å². The van der Waals surface area contributed by atoms with Gasteiger partial charge in [0.1, 0.15) is 5.01 Å². The molecule has 0 spiro atoms. The number of aryl methyl sites for hydroxylation is 1. The Labute approximate surface area is 219 Å². The third-order valence-electron chi connectivity index (χ3n) is 5.09. The van der Waals surface area contributed by atoms with E-state index in [2.05, 4.69) is 35.6 Å². The SMILES string of the molecule is Cn1cc(C(=O)N(OC(=O)C(F)(F)F)c2cccc(-c3nnc(Nc4ccc5[nH]ncc5c4Cl)s3)c2)cn1. The summed E-state index contributed by atoms with van der Waals surface area (Å²) in [5.74, 6) is -3.59. The van der Waals surface area contributed by atoms with E-state index in [9.17, 15) is 22.8 Å². The molecule has 0 aliphatic heterocycles. The lowest BCUT2D eigenvalue weighted by molar-refractivity contribution is -0.199. The van der Waals surface area contributed by atoms with E-state index in [1.807, 2.05) is 0 Å². The van der Waals surface area contributed by atoms with Crippen LogP contribution in [-0.2, 0) is 16.7 Å². The van der Waals surface area contributed by atoms with Crippen molar-refractivity contribution in [1.29, 1.82) is 0 Å². The lowest BCUT2D eigenvalue weighted by Gasteiger charge is -2.21. The first-order valence-electron chi connectivity index (χ1n) is 10.5. The Morgan fingerprint density at radius 2 is 2.00 bits per heavy atom. The van der Waals surface area contributed by atoms with Crippen LogP contribution in [0.25, 0.3) is 21.5 Å². The Morgan fingerprint density at radius 3 is 2.74 bits per heavy atom. The second kappa shape index (κ2) is 9.75. The van der Waals surface area contributed by atoms with Crippen LogP contribution in [0.4, 0.5) is 29.7 Å². The van der Waals surface area contributed by atoms with E-state index < -0.39 is 18.1 Å². The van der Waals surface area contributed by atoms with Gasteiger partial charge in [-0.2, -0.15) is 23.4 Å². The van der Waals surface area contributed by atoms with Crippen molar-refractivity contribution in [3.05, 3.63) is 65.6 Å². The molecule has 0 saturated heterocycles. The van der Waals surface area contributed by atoms with Crippen LogP contribution in [0, 0.1) is 0 Å². The number of aromatic amines is 1. The quantitative estimate of drug-likeness (QED) is 0.290. The number of nitrogens with one attached hydrogen (secondary N) is 2. The molecule has 16 heteroatoms. The number of nitrogens with zero attached hydrogens (tertiary/aromatic N) is 6. The molecule has 0 bridgehead atoms. The summed E-state index contributed by atoms with van der Waals surface area (Å²) in [5.41, 5.74) is 1.47. The number of amides is 1. The van der Waals surface area contributed by atoms with Crippen molar-refractivity contribution in [2.45, 2.75) is 6.18 Å². The van der Waals surface area contributed by atoms with E-state index in [4.69, 9.17) is 11.6 Å². The van der Waals surface area contributed by atoms with Gasteiger partial charge in [-0.05, 0) is 24.3 Å². The monoisotopic (exact) mass is 562 g/mol. The summed E-state index contributed by atoms with van der Waals surface area (Å²) >= 11 is 7.56. The minimum atomic E-state index is -5.33. The lowest BCUT2D eigenvalue weighted by Crippen LogP contribution is -2.38. The van der Waals surface area contributed by atoms with Crippen LogP contribution in [0.3, 0.4) is 0 Å². The summed E-state index contributed by atoms with van der Waals surface area (Å²) in [4.78, 5) is 29.0. The van der Waals surface area contributed by atoms with Crippen LogP contribution in [0.5, 0.6) is 0 Å². The molecule has 3 aromatic heterocycles. The number of alkyl halides is 3. The average Bonchev–Trinajstić information content (AvgIpc) is 3.64. The van der Waals surface area contributed by atoms with Gasteiger partial charge in [-0.1, -0.05) is 35.1 Å². The molecule has 0 radical (unpaired) electrons. The summed E-state index contributed by atoms with van der Waals surface area (Å²) in [6.07, 6.45) is -1.33. The van der Waals surface area contributed by atoms with Crippen LogP contribution in [0.1, 0.15) is 10.4 Å². The number of aromatic nitrogens is 6. The molecule has 0 aliphatic carbocycles. The number of fused-ring (bicyclic) bond motifs is 1. The molecule has 5 rings (SSSR count). The predicted octanol–water partition coefficient (Wildman–Crippen LogP) is 4.88. The highest BCUT2D eigenvalue weighted by atomic mass is 35.5. The first-order chi connectivity index (χ1) is 18.1. The number of carbonyl (C=O) groups excluding carboxylic acids is 2. The number of hydroxylamine groups is 1. The molecule has 0 unspecified atom stereocenters. The average molecular weight is 563 g/mol. The van der Waals surface area contributed by atoms with Gasteiger partial charge in [0.25, 0.3) is 5.91 Å². The topological polar surface area (TPSA) is 131 Å². The van der Waals surface area contributed by atoms with Crippen molar-refractivity contribution < 1.29 is 27.6 Å². The first kappa shape index (κ1) is 25.2. The molecule has 194 valence electrons. The third-order valence-corrected chi connectivity index (χ3v) is 6.39. The number of rotatable bonds is 5. The zero-order valence-electron chi connectivity index (χ0n) is 19.0. The van der Waals surface area contributed by atoms with E-state index in [0.717, 1.165) is 23.1 Å². The fourth-order valence-electron chi connectivity index (χ4n) is 3.35. The zero-order chi connectivity index (χ0) is 27.0. The largest absolute Gasteiger partial charge is 0.493 e. The molecule has 2 N–H and O–H groups in total. The Morgan fingerprint density at radius 1 is 1.18 bits per heavy atom. The van der Waals surface area contributed by atoms with Crippen molar-refractivity contribution in [1.82, 2.24) is 30.2 Å². The number of benzene rings is 2. The number of carbonyl (C=O) groups is 2. The summed E-state index contributed by atoms with van der Waals surface area (Å²) in [5, 5.41) is 24.0. The molecule has 0 atom stereocenters. The van der Waals surface area contributed by atoms with Gasteiger partial charge in [0.15, 0.2) is 0 Å². The molecule has 0 fully saturated rings. The Balaban J connectivity index is 1.44. The van der Waals surface area contributed by atoms with Crippen molar-refractivity contribution in [2.75, 3.05) is 10.4 Å². The molecule has 0 saturated carbocycles. The maximum Gasteiger partial charge on any atom is 0.493 e. The Bertz CT molecular complexity index is 1660. The number of hydrogen-bond acceptors (Lipinski definition) is 9. The van der Waals surface area contributed by atoms with E-state index >= 15 is 0 Å². The molecular formula is C22H14ClF3N8O3S. The minimum Gasteiger partial charge on any atom is -0.329 e. The first-order valence-corrected chi connectivity index (χ1v) is 11.7. The smallest absolute Gasteiger partial charge is 0.329 e. The van der Waals surface area contributed by atoms with Crippen molar-refractivity contribution in [2.24, 2.45) is 7.05 Å². The lowest BCUT2D eigenvalue weighted by atomic mass is 10.2. The summed E-state index contributed by atoms with van der Waals surface area (Å²) in [7, 11) is 1.52. The predicted molar refractivity (Wildman–Crippen MR) is 132 cm³/mol. The molecular weight excluding hydrogens is 549 g/mol. The van der Waals surface area contributed by atoms with Crippen molar-refractivity contribution >= 4 is 62.2 Å². The van der Waals surface area contributed by atoms with Gasteiger partial charge < -0.3 is 10.2 Å². The Hall–Kier alpha value is -4.50. The van der Waals surface area contributed by atoms with Gasteiger partial charge in [-0.25, -0.2) is 4.79 Å². The number of H-pyrrole nitrogens is 1. The van der Waals surface area contributed by atoms with Crippen LogP contribution >= 0.6 is 22.9 Å². The van der Waals surface area contributed by atoms with Gasteiger partial charge in [0.05, 0.1) is 39.9 Å². The summed E-state index contributed by atoms with van der Waals surface area (Å²) < 4.78 is 40.1. The number of anilines is 3. The normalized spacial score (nSPS) is 11.5. The second-order valence-electron chi connectivity index (χ2n) is 7.72. The maximum atomic E-state index is 13.0. The fourth-order valence-corrected chi connectivity index (χ4v) is 4.36. The molecule has 3 heterocycles. The highest BCUT2D eigenvalue weighted by Gasteiger charge is 2.44. The van der Waals surface area contributed by atoms with E-state index in [0.29, 0.717) is 31.8 Å². The van der Waals surface area contributed by atoms with E-state index in [1.165, 1.54) is 36.1 Å². The van der Waals surface area contributed by atoms with Crippen molar-refractivity contribution in [3.8, 4) is 10.6 Å². The maximum absolute atomic E-state index is 13.0. The zero-order valence-corrected chi connectivity index (χ0v) is 20.6. The van der Waals surface area contributed by atoms with Crippen LogP contribution in [0.2, 0.25) is 5.02 Å². The standard InChI is InChI=1S/C22H14ClF3N8O3S/c1-33-10-12(8-28-33)19(35)34(37-20(36)22(24,25)26)13-4-2-3-11(7-13)18-31-32-21(38-18)29-16-6-5-15-14(17(16)23)9-27-30-15/h2-10H,1H3,(H,27,30)(H,29,32). The van der Waals surface area contributed by atoms with Crippen LogP contribution in [-0.4, -0.2) is 48.2 Å². The van der Waals surface area contributed by atoms with Crippen molar-refractivity contribution in [3.63, 3.8) is 0 Å². The third kappa shape index (κ3) is 5.01. The van der Waals surface area contributed by atoms with Crippen LogP contribution in [0.15, 0.2) is 55.0 Å². The van der Waals surface area contributed by atoms with Gasteiger partial charge in [-0.15, -0.1) is 15.3 Å². The number of halogens is 4. The molecule has 1 amide bonds. The van der Waals surface area contributed by atoms with Gasteiger partial charge in [-0.3, -0.25) is 14.6 Å². The van der Waals surface area contributed by atoms with Crippen LogP contribution < -0.4 is 10.4 Å². The van der Waals surface area contributed by atoms with E-state index in [1.54, 1.807) is 24.4 Å². The molecule has 0 aliphatic rings. The molecule has 11 nitrogen and oxygen atoms in total. The summed E-state index contributed by atoms with van der Waals surface area (Å²) in [6, 6.07) is 9.25. The molecule has 2 aromatic carbocycles. The Kier molecular flexibility index (Phi) is 6.46. The summed E-state index contributed by atoms with van der Waals surface area (Å²) in [6.45, 7) is 0. The highest BCUT2D eigenvalue weighted by Crippen LogP contribution is 2.35. The van der Waals surface area contributed by atoms with Gasteiger partial charge in [0, 0.05) is 24.2 Å². The highest BCUT2D eigenvalue weighted by molar-refractivity contribution is 7.18. The molecule has 5 aromatic rings. The second-order valence-corrected chi connectivity index (χ2v) is 9.08. The fraction of sp³-hybridized carbons (Fsp3) is 0.0909. The molecule has 38 heavy (non-hydrogen) atoms. The number of hydrogen-bond donors (Lipinski definition) is 2. The minimum absolute atomic E-state index is 0.0956. The van der Waals surface area contributed by atoms with Gasteiger partial charge >= 0.3 is 12.1 Å².